The molecule has 0 bridgehead atoms. The number of carbonyl (C=O) groups is 4. The van der Waals surface area contributed by atoms with Gasteiger partial charge in [0.15, 0.2) is 11.6 Å². The van der Waals surface area contributed by atoms with Crippen LogP contribution in [0.3, 0.4) is 0 Å². The van der Waals surface area contributed by atoms with E-state index in [-0.39, 0.29) is 29.2 Å². The third-order valence-corrected chi connectivity index (χ3v) is 8.24. The van der Waals surface area contributed by atoms with Crippen molar-refractivity contribution in [3.63, 3.8) is 0 Å². The number of amides is 1. The number of ether oxygens (including phenoxy) is 2. The van der Waals surface area contributed by atoms with E-state index in [0.717, 1.165) is 6.07 Å². The number of fused-ring (bicyclic) bond motifs is 1. The summed E-state index contributed by atoms with van der Waals surface area (Å²) >= 11 is 0. The number of nitrogens with one attached hydrogen (secondary N) is 1. The molecule has 3 aromatic carbocycles. The Balaban J connectivity index is 0.000000703. The van der Waals surface area contributed by atoms with Crippen molar-refractivity contribution >= 4 is 40.4 Å². The molecule has 2 atom stereocenters. The molecule has 276 valence electrons. The van der Waals surface area contributed by atoms with Crippen LogP contribution in [0.4, 0.5) is 10.1 Å². The second-order valence-electron chi connectivity index (χ2n) is 11.9. The normalized spacial score (nSPS) is 12.6. The molecule has 6 N–H and O–H groups in total. The molecule has 5 rings (SSSR count). The number of para-hydroxylation sites is 1. The molecule has 0 spiro atoms. The zero-order valence-electron chi connectivity index (χ0n) is 28.9. The Morgan fingerprint density at radius 1 is 0.981 bits per heavy atom. The number of aliphatic carboxylic acids is 3. The van der Waals surface area contributed by atoms with Gasteiger partial charge in [0.2, 0.25) is 0 Å². The number of carboxylic acid groups (broad SMARTS) is 3. The zero-order chi connectivity index (χ0) is 39.0. The molecule has 5 aromatic rings. The molecule has 0 saturated heterocycles. The SMILES string of the molecule is COc1ccc2c(Oc3ccc(NC(=O)c4c(C)n(C[C@H](C)[C@](C)(N)C(=O)O)n(-c5ccccc5)c4=O)cc3F)ccnc2c1.O=C(O)/C=C\C(=O)O. The average molecular weight is 730 g/mol. The summed E-state index contributed by atoms with van der Waals surface area (Å²) in [6, 6.07) is 19.4. The first-order valence-electron chi connectivity index (χ1n) is 15.8. The molecule has 15 nitrogen and oxygen atoms in total. The molecular weight excluding hydrogens is 693 g/mol. The van der Waals surface area contributed by atoms with Crippen LogP contribution in [-0.2, 0) is 20.9 Å². The number of benzene rings is 3. The van der Waals surface area contributed by atoms with Crippen molar-refractivity contribution in [3.8, 4) is 22.9 Å². The van der Waals surface area contributed by atoms with Crippen molar-refractivity contribution in [2.24, 2.45) is 11.7 Å². The Bertz CT molecular complexity index is 2250. The fourth-order valence-corrected chi connectivity index (χ4v) is 5.05. The van der Waals surface area contributed by atoms with E-state index >= 15 is 4.39 Å². The van der Waals surface area contributed by atoms with Gasteiger partial charge in [-0.15, -0.1) is 0 Å². The van der Waals surface area contributed by atoms with Gasteiger partial charge < -0.3 is 35.8 Å². The van der Waals surface area contributed by atoms with Crippen LogP contribution in [-0.4, -0.2) is 66.1 Å². The number of anilines is 1. The van der Waals surface area contributed by atoms with Gasteiger partial charge in [0.1, 0.15) is 22.6 Å². The summed E-state index contributed by atoms with van der Waals surface area (Å²) in [4.78, 5) is 62.4. The lowest BCUT2D eigenvalue weighted by molar-refractivity contribution is -0.144. The third kappa shape index (κ3) is 9.11. The molecule has 1 amide bonds. The largest absolute Gasteiger partial charge is 0.497 e. The number of methoxy groups -OCH3 is 1. The monoisotopic (exact) mass is 729 g/mol. The number of halogens is 1. The molecule has 0 aliphatic carbocycles. The highest BCUT2D eigenvalue weighted by molar-refractivity contribution is 6.05. The number of nitrogens with zero attached hydrogens (tertiary/aromatic N) is 3. The lowest BCUT2D eigenvalue weighted by Gasteiger charge is -2.28. The fraction of sp³-hybridized carbons (Fsp3) is 0.189. The van der Waals surface area contributed by atoms with Gasteiger partial charge in [0.25, 0.3) is 11.5 Å². The highest BCUT2D eigenvalue weighted by Gasteiger charge is 2.36. The minimum Gasteiger partial charge on any atom is -0.497 e. The minimum atomic E-state index is -1.60. The zero-order valence-corrected chi connectivity index (χ0v) is 28.9. The Morgan fingerprint density at radius 2 is 1.64 bits per heavy atom. The molecular formula is C37H36FN5O10. The van der Waals surface area contributed by atoms with Crippen molar-refractivity contribution in [1.82, 2.24) is 14.3 Å². The summed E-state index contributed by atoms with van der Waals surface area (Å²) in [7, 11) is 1.55. The summed E-state index contributed by atoms with van der Waals surface area (Å²) in [6.45, 7) is 4.67. The summed E-state index contributed by atoms with van der Waals surface area (Å²) < 4.78 is 29.2. The molecule has 2 heterocycles. The second-order valence-corrected chi connectivity index (χ2v) is 11.9. The first-order valence-corrected chi connectivity index (χ1v) is 15.8. The van der Waals surface area contributed by atoms with Crippen molar-refractivity contribution in [3.05, 3.63) is 119 Å². The topological polar surface area (TPSA) is 225 Å². The number of hydrogen-bond donors (Lipinski definition) is 5. The third-order valence-electron chi connectivity index (χ3n) is 8.24. The summed E-state index contributed by atoms with van der Waals surface area (Å²) in [6.07, 6.45) is 2.65. The van der Waals surface area contributed by atoms with Crippen molar-refractivity contribution in [2.75, 3.05) is 12.4 Å². The molecule has 0 aliphatic heterocycles. The van der Waals surface area contributed by atoms with Gasteiger partial charge in [0.05, 0.1) is 24.0 Å². The predicted octanol–water partition coefficient (Wildman–Crippen LogP) is 4.84. The van der Waals surface area contributed by atoms with Crippen LogP contribution in [0.25, 0.3) is 16.6 Å². The van der Waals surface area contributed by atoms with Crippen molar-refractivity contribution < 1.29 is 48.4 Å². The number of nitrogens with two attached hydrogens (primary N) is 1. The second kappa shape index (κ2) is 16.5. The molecule has 0 radical (unpaired) electrons. The Hall–Kier alpha value is -6.81. The smallest absolute Gasteiger partial charge is 0.328 e. The van der Waals surface area contributed by atoms with Crippen LogP contribution in [0, 0.1) is 18.7 Å². The molecule has 53 heavy (non-hydrogen) atoms. The van der Waals surface area contributed by atoms with Gasteiger partial charge in [-0.25, -0.2) is 18.7 Å². The van der Waals surface area contributed by atoms with Gasteiger partial charge in [0, 0.05) is 54.0 Å². The standard InChI is InChI=1S/C33H32FN5O6.C4H4O4/c1-19(33(3,35)32(42)43)18-38-20(2)29(31(41)39(38)22-8-6-5-7-9-22)30(40)37-21-10-13-28(25(34)16-21)45-27-14-15-36-26-17-23(44-4)11-12-24(26)27;5-3(6)1-2-4(7)8/h5-17,19H,18,35H2,1-4H3,(H,37,40)(H,42,43);1-2H,(H,5,6)(H,7,8)/b;2-1-/t19-,33-;/m0./s1. The quantitative estimate of drug-likeness (QED) is 0.109. The molecule has 0 aliphatic rings. The summed E-state index contributed by atoms with van der Waals surface area (Å²) in [5.41, 5.74) is 5.13. The van der Waals surface area contributed by atoms with Crippen LogP contribution >= 0.6 is 0 Å². The lowest BCUT2D eigenvalue weighted by Crippen LogP contribution is -2.52. The number of rotatable bonds is 12. The maximum absolute atomic E-state index is 15.2. The number of aromatic nitrogens is 3. The first kappa shape index (κ1) is 39.0. The number of carbonyl (C=O) groups excluding carboxylic acids is 1. The maximum Gasteiger partial charge on any atom is 0.328 e. The van der Waals surface area contributed by atoms with Crippen LogP contribution in [0.5, 0.6) is 17.2 Å². The predicted molar refractivity (Wildman–Crippen MR) is 191 cm³/mol. The summed E-state index contributed by atoms with van der Waals surface area (Å²) in [5.74, 6) is -4.93. The van der Waals surface area contributed by atoms with Crippen molar-refractivity contribution in [1.29, 1.82) is 0 Å². The Labute approximate surface area is 301 Å². The summed E-state index contributed by atoms with van der Waals surface area (Å²) in [5, 5.41) is 28.5. The van der Waals surface area contributed by atoms with Gasteiger partial charge in [-0.05, 0) is 56.3 Å². The van der Waals surface area contributed by atoms with E-state index in [1.807, 2.05) is 0 Å². The van der Waals surface area contributed by atoms with Gasteiger partial charge in [-0.3, -0.25) is 24.0 Å². The van der Waals surface area contributed by atoms with Gasteiger partial charge in [-0.1, -0.05) is 25.1 Å². The lowest BCUT2D eigenvalue weighted by atomic mass is 9.88. The van der Waals surface area contributed by atoms with E-state index < -0.39 is 46.6 Å². The van der Waals surface area contributed by atoms with E-state index in [1.54, 1.807) is 75.6 Å². The molecule has 0 fully saturated rings. The van der Waals surface area contributed by atoms with Gasteiger partial charge >= 0.3 is 17.9 Å². The van der Waals surface area contributed by atoms with Crippen LogP contribution in [0.2, 0.25) is 0 Å². The van der Waals surface area contributed by atoms with Crippen LogP contribution < -0.4 is 26.1 Å². The van der Waals surface area contributed by atoms with Crippen molar-refractivity contribution in [2.45, 2.75) is 32.9 Å². The van der Waals surface area contributed by atoms with Crippen LogP contribution in [0.1, 0.15) is 29.9 Å². The average Bonchev–Trinajstić information content (AvgIpc) is 3.36. The van der Waals surface area contributed by atoms with Crippen LogP contribution in [0.15, 0.2) is 95.9 Å². The molecule has 16 heteroatoms. The van der Waals surface area contributed by atoms with Gasteiger partial charge in [-0.2, -0.15) is 0 Å². The molecule has 0 unspecified atom stereocenters. The maximum atomic E-state index is 15.2. The van der Waals surface area contributed by atoms with E-state index in [4.69, 9.17) is 25.4 Å². The minimum absolute atomic E-state index is 0.0275. The molecule has 2 aromatic heterocycles. The first-order chi connectivity index (χ1) is 25.0. The van der Waals surface area contributed by atoms with E-state index in [1.165, 1.54) is 34.6 Å². The molecule has 0 saturated carbocycles. The Kier molecular flexibility index (Phi) is 12.1. The highest BCUT2D eigenvalue weighted by Crippen LogP contribution is 2.33. The number of pyridine rings is 1. The fourth-order valence-electron chi connectivity index (χ4n) is 5.05. The van der Waals surface area contributed by atoms with E-state index in [2.05, 4.69) is 10.3 Å². The number of hydrogen-bond acceptors (Lipinski definition) is 9. The van der Waals surface area contributed by atoms with E-state index in [9.17, 15) is 29.1 Å². The van der Waals surface area contributed by atoms with E-state index in [0.29, 0.717) is 40.2 Å². The highest BCUT2D eigenvalue weighted by atomic mass is 19.1. The Morgan fingerprint density at radius 3 is 2.23 bits per heavy atom. The number of carboxylic acids is 3.